The van der Waals surface area contributed by atoms with Crippen LogP contribution < -0.4 is 5.32 Å². The highest BCUT2D eigenvalue weighted by Crippen LogP contribution is 2.07. The number of rotatable bonds is 4. The third-order valence-electron chi connectivity index (χ3n) is 3.47. The van der Waals surface area contributed by atoms with E-state index in [1.165, 1.54) is 5.56 Å². The molecule has 0 radical (unpaired) electrons. The average Bonchev–Trinajstić information content (AvgIpc) is 2.88. The Morgan fingerprint density at radius 2 is 1.84 bits per heavy atom. The lowest BCUT2D eigenvalue weighted by Gasteiger charge is -2.26. The number of benzene rings is 1. The van der Waals surface area contributed by atoms with Crippen molar-refractivity contribution in [3.8, 4) is 0 Å². The van der Waals surface area contributed by atoms with E-state index in [4.69, 9.17) is 0 Å². The molecule has 5 nitrogen and oxygen atoms in total. The third-order valence-corrected chi connectivity index (χ3v) is 3.47. The molecule has 0 bridgehead atoms. The van der Waals surface area contributed by atoms with Crippen molar-refractivity contribution in [2.75, 3.05) is 26.2 Å². The van der Waals surface area contributed by atoms with Crippen LogP contribution in [0.15, 0.2) is 36.7 Å². The SMILES string of the molecule is c1ccc(Cn2cnnc2CN2CCNCC2)cc1. The van der Waals surface area contributed by atoms with E-state index in [1.54, 1.807) is 0 Å². The van der Waals surface area contributed by atoms with Crippen molar-refractivity contribution in [3.63, 3.8) is 0 Å². The minimum Gasteiger partial charge on any atom is -0.314 e. The normalized spacial score (nSPS) is 16.6. The number of nitrogens with zero attached hydrogens (tertiary/aromatic N) is 4. The Balaban J connectivity index is 1.68. The predicted molar refractivity (Wildman–Crippen MR) is 73.7 cm³/mol. The highest BCUT2D eigenvalue weighted by molar-refractivity contribution is 5.15. The van der Waals surface area contributed by atoms with Gasteiger partial charge in [-0.3, -0.25) is 4.90 Å². The van der Waals surface area contributed by atoms with Crippen molar-refractivity contribution in [1.82, 2.24) is 25.0 Å². The zero-order valence-electron chi connectivity index (χ0n) is 11.0. The van der Waals surface area contributed by atoms with Crippen LogP contribution in [-0.4, -0.2) is 45.8 Å². The van der Waals surface area contributed by atoms with Crippen LogP contribution in [-0.2, 0) is 13.1 Å². The van der Waals surface area contributed by atoms with Crippen molar-refractivity contribution in [2.24, 2.45) is 0 Å². The lowest BCUT2D eigenvalue weighted by atomic mass is 10.2. The quantitative estimate of drug-likeness (QED) is 0.877. The van der Waals surface area contributed by atoms with Crippen molar-refractivity contribution in [3.05, 3.63) is 48.0 Å². The fraction of sp³-hybridized carbons (Fsp3) is 0.429. The summed E-state index contributed by atoms with van der Waals surface area (Å²) in [5.74, 6) is 1.05. The first-order valence-electron chi connectivity index (χ1n) is 6.75. The molecule has 0 atom stereocenters. The van der Waals surface area contributed by atoms with Crippen molar-refractivity contribution in [1.29, 1.82) is 0 Å². The van der Waals surface area contributed by atoms with E-state index in [1.807, 2.05) is 12.4 Å². The Morgan fingerprint density at radius 3 is 2.63 bits per heavy atom. The summed E-state index contributed by atoms with van der Waals surface area (Å²) < 4.78 is 2.14. The van der Waals surface area contributed by atoms with Crippen LogP contribution in [0.1, 0.15) is 11.4 Å². The summed E-state index contributed by atoms with van der Waals surface area (Å²) >= 11 is 0. The minimum atomic E-state index is 0.843. The molecule has 2 heterocycles. The zero-order valence-corrected chi connectivity index (χ0v) is 11.0. The highest BCUT2D eigenvalue weighted by Gasteiger charge is 2.13. The van der Waals surface area contributed by atoms with E-state index in [2.05, 4.69) is 49.2 Å². The summed E-state index contributed by atoms with van der Waals surface area (Å²) in [5, 5.41) is 11.7. The molecule has 1 aliphatic rings. The molecule has 1 aliphatic heterocycles. The molecule has 1 fully saturated rings. The first-order valence-corrected chi connectivity index (χ1v) is 6.75. The van der Waals surface area contributed by atoms with Gasteiger partial charge in [-0.15, -0.1) is 10.2 Å². The van der Waals surface area contributed by atoms with Gasteiger partial charge in [0.25, 0.3) is 0 Å². The number of nitrogens with one attached hydrogen (secondary N) is 1. The maximum atomic E-state index is 4.26. The second-order valence-corrected chi connectivity index (χ2v) is 4.89. The van der Waals surface area contributed by atoms with Gasteiger partial charge in [0.05, 0.1) is 13.1 Å². The summed E-state index contributed by atoms with van der Waals surface area (Å²) in [6.07, 6.45) is 1.82. The average molecular weight is 257 g/mol. The van der Waals surface area contributed by atoms with Crippen LogP contribution in [0.3, 0.4) is 0 Å². The Labute approximate surface area is 113 Å². The van der Waals surface area contributed by atoms with E-state index < -0.39 is 0 Å². The van der Waals surface area contributed by atoms with Crippen molar-refractivity contribution < 1.29 is 0 Å². The van der Waals surface area contributed by atoms with Crippen LogP contribution in [0.5, 0.6) is 0 Å². The van der Waals surface area contributed by atoms with Gasteiger partial charge < -0.3 is 9.88 Å². The van der Waals surface area contributed by atoms with Crippen LogP contribution in [0.2, 0.25) is 0 Å². The van der Waals surface area contributed by atoms with Crippen molar-refractivity contribution >= 4 is 0 Å². The number of piperazine rings is 1. The van der Waals surface area contributed by atoms with Crippen molar-refractivity contribution in [2.45, 2.75) is 13.1 Å². The topological polar surface area (TPSA) is 46.0 Å². The summed E-state index contributed by atoms with van der Waals surface area (Å²) in [6.45, 7) is 6.01. The second kappa shape index (κ2) is 5.95. The maximum Gasteiger partial charge on any atom is 0.147 e. The van der Waals surface area contributed by atoms with Gasteiger partial charge in [0.15, 0.2) is 0 Å². The van der Waals surface area contributed by atoms with E-state index in [0.29, 0.717) is 0 Å². The predicted octanol–water partition coefficient (Wildman–Crippen LogP) is 0.732. The van der Waals surface area contributed by atoms with Gasteiger partial charge in [0.2, 0.25) is 0 Å². The largest absolute Gasteiger partial charge is 0.314 e. The highest BCUT2D eigenvalue weighted by atomic mass is 15.3. The molecule has 0 amide bonds. The van der Waals surface area contributed by atoms with Crippen LogP contribution in [0.25, 0.3) is 0 Å². The summed E-state index contributed by atoms with van der Waals surface area (Å²) in [5.41, 5.74) is 1.28. The first-order chi connectivity index (χ1) is 9.42. The van der Waals surface area contributed by atoms with Crippen LogP contribution in [0.4, 0.5) is 0 Å². The Hall–Kier alpha value is -1.72. The van der Waals surface area contributed by atoms with Gasteiger partial charge in [0.1, 0.15) is 12.2 Å². The second-order valence-electron chi connectivity index (χ2n) is 4.89. The van der Waals surface area contributed by atoms with Crippen LogP contribution in [0, 0.1) is 0 Å². The monoisotopic (exact) mass is 257 g/mol. The fourth-order valence-corrected chi connectivity index (χ4v) is 2.38. The molecule has 0 saturated carbocycles. The van der Waals surface area contributed by atoms with Gasteiger partial charge in [0, 0.05) is 26.2 Å². The summed E-state index contributed by atoms with van der Waals surface area (Å²) in [4.78, 5) is 2.42. The number of hydrogen-bond acceptors (Lipinski definition) is 4. The molecule has 1 aromatic heterocycles. The molecule has 19 heavy (non-hydrogen) atoms. The summed E-state index contributed by atoms with van der Waals surface area (Å²) in [7, 11) is 0. The lowest BCUT2D eigenvalue weighted by Crippen LogP contribution is -2.43. The number of hydrogen-bond donors (Lipinski definition) is 1. The van der Waals surface area contributed by atoms with Gasteiger partial charge in [-0.25, -0.2) is 0 Å². The molecular weight excluding hydrogens is 238 g/mol. The molecule has 5 heteroatoms. The van der Waals surface area contributed by atoms with Gasteiger partial charge in [-0.1, -0.05) is 30.3 Å². The number of aromatic nitrogens is 3. The van der Waals surface area contributed by atoms with Gasteiger partial charge >= 0.3 is 0 Å². The fourth-order valence-electron chi connectivity index (χ4n) is 2.38. The smallest absolute Gasteiger partial charge is 0.147 e. The van der Waals surface area contributed by atoms with Crippen LogP contribution >= 0.6 is 0 Å². The molecule has 1 aromatic carbocycles. The zero-order chi connectivity index (χ0) is 12.9. The third kappa shape index (κ3) is 3.19. The molecule has 0 spiro atoms. The molecule has 1 saturated heterocycles. The molecule has 0 unspecified atom stereocenters. The standard InChI is InChI=1S/C14H19N5/c1-2-4-13(5-3-1)10-19-12-16-17-14(19)11-18-8-6-15-7-9-18/h1-5,12,15H,6-11H2. The maximum absolute atomic E-state index is 4.26. The van der Waals surface area contributed by atoms with Gasteiger partial charge in [-0.05, 0) is 5.56 Å². The summed E-state index contributed by atoms with van der Waals surface area (Å²) in [6, 6.07) is 10.4. The molecule has 3 rings (SSSR count). The molecule has 1 N–H and O–H groups in total. The van der Waals surface area contributed by atoms with E-state index in [0.717, 1.165) is 45.1 Å². The van der Waals surface area contributed by atoms with Gasteiger partial charge in [-0.2, -0.15) is 0 Å². The molecule has 0 aliphatic carbocycles. The Morgan fingerprint density at radius 1 is 1.05 bits per heavy atom. The first kappa shape index (κ1) is 12.3. The molecule has 100 valence electrons. The minimum absolute atomic E-state index is 0.843. The Bertz CT molecular complexity index is 502. The van der Waals surface area contributed by atoms with E-state index in [-0.39, 0.29) is 0 Å². The Kier molecular flexibility index (Phi) is 3.86. The molecule has 2 aromatic rings. The van der Waals surface area contributed by atoms with E-state index >= 15 is 0 Å². The molecular formula is C14H19N5. The lowest BCUT2D eigenvalue weighted by molar-refractivity contribution is 0.225. The van der Waals surface area contributed by atoms with E-state index in [9.17, 15) is 0 Å².